The van der Waals surface area contributed by atoms with Crippen molar-refractivity contribution in [1.82, 2.24) is 24.0 Å². The maximum absolute atomic E-state index is 14.5. The Kier molecular flexibility index (Phi) is 9.09. The number of rotatable bonds is 6. The van der Waals surface area contributed by atoms with E-state index in [1.165, 1.54) is 4.57 Å². The number of nitrogens with one attached hydrogen (secondary N) is 1. The van der Waals surface area contributed by atoms with Gasteiger partial charge < -0.3 is 9.88 Å². The van der Waals surface area contributed by atoms with Crippen molar-refractivity contribution in [3.63, 3.8) is 0 Å². The minimum absolute atomic E-state index is 0.0288. The maximum Gasteiger partial charge on any atom is 0.333 e. The molecule has 252 valence electrons. The van der Waals surface area contributed by atoms with Crippen LogP contribution in [0.1, 0.15) is 144 Å². The molecule has 0 fully saturated rings. The zero-order valence-corrected chi connectivity index (χ0v) is 32.1. The van der Waals surface area contributed by atoms with E-state index in [1.807, 2.05) is 55.4 Å². The maximum atomic E-state index is 14.5. The van der Waals surface area contributed by atoms with Crippen LogP contribution in [0.15, 0.2) is 9.59 Å². The summed E-state index contributed by atoms with van der Waals surface area (Å²) in [5.41, 5.74) is -4.05. The Balaban J connectivity index is 2.85. The van der Waals surface area contributed by atoms with Crippen LogP contribution in [0, 0.1) is 34.5 Å². The normalized spacial score (nSPS) is 15.0. The molecule has 2 aromatic rings. The molecule has 1 amide bonds. The van der Waals surface area contributed by atoms with Crippen LogP contribution >= 0.6 is 0 Å². The number of hydrogen-bond acceptors (Lipinski definition) is 4. The number of imidazole rings is 1. The van der Waals surface area contributed by atoms with Crippen molar-refractivity contribution in [3.05, 3.63) is 26.7 Å². The SMILES string of the molecule is Cc1nc2c(c(=O)n(C(C)(C)C)c(=O)n2C(C)(C)C)n1C(C)(C)C(=O)NC(C)(C)C(C)(C)C(C)(C)C(C(C)(C)C)C(C)(C)C. The third kappa shape index (κ3) is 6.08. The smallest absolute Gasteiger partial charge is 0.333 e. The zero-order chi connectivity index (χ0) is 35.2. The number of aryl methyl sites for hydroxylation is 1. The molecule has 0 radical (unpaired) electrons. The number of nitrogens with zero attached hydrogens (tertiary/aromatic N) is 4. The molecule has 0 aliphatic rings. The molecule has 0 aliphatic heterocycles. The summed E-state index contributed by atoms with van der Waals surface area (Å²) in [5.74, 6) is 0.609. The summed E-state index contributed by atoms with van der Waals surface area (Å²) in [7, 11) is 0. The molecule has 0 atom stereocenters. The Hall–Kier alpha value is -2.38. The molecule has 2 rings (SSSR count). The number of amides is 1. The lowest BCUT2D eigenvalue weighted by Gasteiger charge is -2.61. The lowest BCUT2D eigenvalue weighted by atomic mass is 9.45. The predicted molar refractivity (Wildman–Crippen MR) is 184 cm³/mol. The molecule has 8 heteroatoms. The largest absolute Gasteiger partial charge is 0.349 e. The molecule has 0 saturated carbocycles. The van der Waals surface area contributed by atoms with Gasteiger partial charge >= 0.3 is 5.69 Å². The van der Waals surface area contributed by atoms with Crippen LogP contribution in [0.5, 0.6) is 0 Å². The van der Waals surface area contributed by atoms with Crippen LogP contribution in [0.4, 0.5) is 0 Å². The highest BCUT2D eigenvalue weighted by atomic mass is 16.2. The fraction of sp³-hybridized carbons (Fsp3) is 0.833. The molecule has 2 aromatic heterocycles. The second-order valence-electron chi connectivity index (χ2n) is 19.4. The lowest BCUT2D eigenvalue weighted by molar-refractivity contribution is -0.139. The first-order chi connectivity index (χ1) is 19.1. The molecular formula is C36H65N5O3. The highest BCUT2D eigenvalue weighted by molar-refractivity contribution is 5.87. The summed E-state index contributed by atoms with van der Waals surface area (Å²) < 4.78 is 4.60. The van der Waals surface area contributed by atoms with Gasteiger partial charge in [0.2, 0.25) is 5.91 Å². The van der Waals surface area contributed by atoms with Gasteiger partial charge in [0.1, 0.15) is 11.4 Å². The Morgan fingerprint density at radius 3 is 1.43 bits per heavy atom. The van der Waals surface area contributed by atoms with Gasteiger partial charge in [0.15, 0.2) is 11.2 Å². The molecule has 0 aliphatic carbocycles. The van der Waals surface area contributed by atoms with Crippen molar-refractivity contribution >= 4 is 17.1 Å². The van der Waals surface area contributed by atoms with Gasteiger partial charge in [-0.05, 0) is 104 Å². The standard InChI is InChI=1S/C36H65N5O3/c1-22-37-24-23(25(42)41(32(11,12)13)28(44)40(24)31(8,9)10)39(22)34(16,17)27(43)38-36(20,21)35(18,19)33(14,15)26(29(2,3)4)30(5,6)7/h26H,1-21H3,(H,38,43). The van der Waals surface area contributed by atoms with Crippen LogP contribution in [0.3, 0.4) is 0 Å². The average molecular weight is 616 g/mol. The van der Waals surface area contributed by atoms with Gasteiger partial charge in [0.25, 0.3) is 5.56 Å². The van der Waals surface area contributed by atoms with Crippen LogP contribution in [0.25, 0.3) is 11.2 Å². The van der Waals surface area contributed by atoms with Crippen molar-refractivity contribution in [3.8, 4) is 0 Å². The van der Waals surface area contributed by atoms with E-state index in [0.717, 1.165) is 0 Å². The quantitative estimate of drug-likeness (QED) is 0.363. The summed E-state index contributed by atoms with van der Waals surface area (Å²) in [6, 6.07) is 0. The molecule has 0 aromatic carbocycles. The molecule has 8 nitrogen and oxygen atoms in total. The first-order valence-electron chi connectivity index (χ1n) is 16.2. The van der Waals surface area contributed by atoms with Crippen molar-refractivity contribution in [2.24, 2.45) is 27.6 Å². The Morgan fingerprint density at radius 1 is 0.659 bits per heavy atom. The van der Waals surface area contributed by atoms with E-state index < -0.39 is 33.4 Å². The minimum Gasteiger partial charge on any atom is -0.349 e. The number of aromatic nitrogens is 4. The lowest BCUT2D eigenvalue weighted by Crippen LogP contribution is -2.65. The predicted octanol–water partition coefficient (Wildman–Crippen LogP) is 7.57. The molecule has 0 spiro atoms. The number of carbonyl (C=O) groups excluding carboxylic acids is 1. The summed E-state index contributed by atoms with van der Waals surface area (Å²) >= 11 is 0. The molecule has 0 bridgehead atoms. The third-order valence-electron chi connectivity index (χ3n) is 10.5. The van der Waals surface area contributed by atoms with Gasteiger partial charge in [-0.3, -0.25) is 18.7 Å². The second kappa shape index (κ2) is 10.6. The molecule has 44 heavy (non-hydrogen) atoms. The summed E-state index contributed by atoms with van der Waals surface area (Å²) in [6.45, 7) is 44.0. The minimum atomic E-state index is -1.20. The van der Waals surface area contributed by atoms with E-state index >= 15 is 0 Å². The van der Waals surface area contributed by atoms with Crippen molar-refractivity contribution in [2.75, 3.05) is 0 Å². The first kappa shape index (κ1) is 37.8. The Labute approximate surface area is 267 Å². The highest BCUT2D eigenvalue weighted by Crippen LogP contribution is 2.60. The topological polar surface area (TPSA) is 90.9 Å². The fourth-order valence-corrected chi connectivity index (χ4v) is 8.45. The zero-order valence-electron chi connectivity index (χ0n) is 32.1. The summed E-state index contributed by atoms with van der Waals surface area (Å²) in [4.78, 5) is 47.2. The van der Waals surface area contributed by atoms with Gasteiger partial charge in [0.05, 0.1) is 0 Å². The average Bonchev–Trinajstić information content (AvgIpc) is 3.05. The van der Waals surface area contributed by atoms with Crippen LogP contribution < -0.4 is 16.6 Å². The molecule has 0 unspecified atom stereocenters. The molecule has 2 heterocycles. The van der Waals surface area contributed by atoms with Crippen molar-refractivity contribution in [1.29, 1.82) is 0 Å². The third-order valence-corrected chi connectivity index (χ3v) is 10.5. The van der Waals surface area contributed by atoms with Gasteiger partial charge in [-0.25, -0.2) is 9.78 Å². The number of carbonyl (C=O) groups is 1. The van der Waals surface area contributed by atoms with Crippen LogP contribution in [-0.4, -0.2) is 30.1 Å². The van der Waals surface area contributed by atoms with E-state index in [4.69, 9.17) is 4.98 Å². The van der Waals surface area contributed by atoms with Gasteiger partial charge in [-0.1, -0.05) is 69.2 Å². The van der Waals surface area contributed by atoms with E-state index in [-0.39, 0.29) is 33.1 Å². The van der Waals surface area contributed by atoms with Crippen LogP contribution in [-0.2, 0) is 21.4 Å². The summed E-state index contributed by atoms with van der Waals surface area (Å²) in [6.07, 6.45) is 0. The van der Waals surface area contributed by atoms with Crippen molar-refractivity contribution in [2.45, 2.75) is 168 Å². The van der Waals surface area contributed by atoms with E-state index in [9.17, 15) is 14.4 Å². The Morgan fingerprint density at radius 2 is 1.07 bits per heavy atom. The molecule has 0 saturated heterocycles. The Bertz CT molecular complexity index is 1520. The second-order valence-corrected chi connectivity index (χ2v) is 19.4. The van der Waals surface area contributed by atoms with E-state index in [1.54, 1.807) is 16.1 Å². The highest BCUT2D eigenvalue weighted by Gasteiger charge is 2.57. The monoisotopic (exact) mass is 616 g/mol. The fourth-order valence-electron chi connectivity index (χ4n) is 8.45. The summed E-state index contributed by atoms with van der Waals surface area (Å²) in [5, 5.41) is 3.44. The van der Waals surface area contributed by atoms with E-state index in [0.29, 0.717) is 17.4 Å². The van der Waals surface area contributed by atoms with Gasteiger partial charge in [-0.15, -0.1) is 0 Å². The first-order valence-corrected chi connectivity index (χ1v) is 16.2. The molecular weight excluding hydrogens is 550 g/mol. The van der Waals surface area contributed by atoms with Gasteiger partial charge in [0, 0.05) is 16.6 Å². The van der Waals surface area contributed by atoms with Gasteiger partial charge in [-0.2, -0.15) is 0 Å². The number of fused-ring (bicyclic) bond motifs is 1. The van der Waals surface area contributed by atoms with E-state index in [2.05, 4.69) is 88.4 Å². The van der Waals surface area contributed by atoms with Crippen molar-refractivity contribution < 1.29 is 4.79 Å². The van der Waals surface area contributed by atoms with Crippen LogP contribution in [0.2, 0.25) is 0 Å². The molecule has 1 N–H and O–H groups in total. The number of hydrogen-bond donors (Lipinski definition) is 1.